The van der Waals surface area contributed by atoms with Crippen LogP contribution < -0.4 is 10.6 Å². The van der Waals surface area contributed by atoms with E-state index >= 15 is 0 Å². The molecule has 0 bridgehead atoms. The Morgan fingerprint density at radius 2 is 2.38 bits per heavy atom. The van der Waals surface area contributed by atoms with Gasteiger partial charge in [-0.25, -0.2) is 4.98 Å². The minimum atomic E-state index is 0.0340. The molecule has 1 amide bonds. The third-order valence-corrected chi connectivity index (χ3v) is 3.38. The van der Waals surface area contributed by atoms with Crippen molar-refractivity contribution >= 4 is 27.7 Å². The molecule has 0 spiro atoms. The Morgan fingerprint density at radius 3 is 2.88 bits per heavy atom. The van der Waals surface area contributed by atoms with E-state index in [1.165, 1.54) is 0 Å². The molecule has 5 heteroatoms. The number of hydrogen-bond acceptors (Lipinski definition) is 3. The molecule has 0 aliphatic carbocycles. The monoisotopic (exact) mass is 283 g/mol. The molecule has 2 rings (SSSR count). The minimum absolute atomic E-state index is 0.0340. The maximum Gasteiger partial charge on any atom is 0.228 e. The lowest BCUT2D eigenvalue weighted by atomic mass is 9.88. The third kappa shape index (κ3) is 2.59. The summed E-state index contributed by atoms with van der Waals surface area (Å²) < 4.78 is 0.904. The predicted molar refractivity (Wildman–Crippen MR) is 66.1 cm³/mol. The first-order valence-corrected chi connectivity index (χ1v) is 6.09. The van der Waals surface area contributed by atoms with E-state index in [2.05, 4.69) is 31.5 Å². The Bertz CT molecular complexity index is 375. The molecule has 1 aliphatic rings. The van der Waals surface area contributed by atoms with Crippen molar-refractivity contribution in [3.8, 4) is 0 Å². The number of aromatic nitrogens is 1. The quantitative estimate of drug-likeness (QED) is 0.887. The smallest absolute Gasteiger partial charge is 0.228 e. The maximum absolute atomic E-state index is 11.8. The lowest BCUT2D eigenvalue weighted by Gasteiger charge is -2.31. The summed E-state index contributed by atoms with van der Waals surface area (Å²) in [6.45, 7) is 3.82. The summed E-state index contributed by atoms with van der Waals surface area (Å²) in [4.78, 5) is 16.0. The van der Waals surface area contributed by atoms with Crippen LogP contribution >= 0.6 is 15.9 Å². The fourth-order valence-corrected chi connectivity index (χ4v) is 1.80. The second kappa shape index (κ2) is 4.93. The molecule has 0 radical (unpaired) electrons. The summed E-state index contributed by atoms with van der Waals surface area (Å²) in [5, 5.41) is 5.99. The average Bonchev–Trinajstić information content (AvgIpc) is 2.19. The van der Waals surface area contributed by atoms with E-state index in [0.29, 0.717) is 11.7 Å². The topological polar surface area (TPSA) is 54.0 Å². The molecule has 1 aromatic heterocycles. The van der Waals surface area contributed by atoms with Crippen molar-refractivity contribution in [2.24, 2.45) is 11.8 Å². The number of amides is 1. The first-order valence-electron chi connectivity index (χ1n) is 5.30. The zero-order valence-corrected chi connectivity index (χ0v) is 10.6. The normalized spacial score (nSPS) is 17.6. The second-order valence-corrected chi connectivity index (χ2v) is 4.97. The highest BCUT2D eigenvalue weighted by Gasteiger charge is 2.28. The molecule has 0 aromatic carbocycles. The summed E-state index contributed by atoms with van der Waals surface area (Å²) in [7, 11) is 0. The van der Waals surface area contributed by atoms with Gasteiger partial charge in [-0.2, -0.15) is 0 Å². The number of nitrogens with zero attached hydrogens (tertiary/aromatic N) is 1. The zero-order valence-electron chi connectivity index (χ0n) is 9.03. The fourth-order valence-electron chi connectivity index (χ4n) is 1.57. The van der Waals surface area contributed by atoms with Gasteiger partial charge in [0.1, 0.15) is 5.82 Å². The zero-order chi connectivity index (χ0) is 11.5. The van der Waals surface area contributed by atoms with Crippen molar-refractivity contribution in [1.29, 1.82) is 0 Å². The van der Waals surface area contributed by atoms with E-state index in [0.717, 1.165) is 17.6 Å². The lowest BCUT2D eigenvalue weighted by molar-refractivity contribution is -0.121. The number of halogens is 1. The highest BCUT2D eigenvalue weighted by molar-refractivity contribution is 9.10. The second-order valence-electron chi connectivity index (χ2n) is 4.06. The molecule has 16 heavy (non-hydrogen) atoms. The van der Waals surface area contributed by atoms with E-state index in [4.69, 9.17) is 0 Å². The molecule has 86 valence electrons. The van der Waals surface area contributed by atoms with Crippen LogP contribution in [0.4, 0.5) is 5.82 Å². The van der Waals surface area contributed by atoms with Gasteiger partial charge in [0.25, 0.3) is 0 Å². The van der Waals surface area contributed by atoms with Gasteiger partial charge in [0.05, 0.1) is 0 Å². The minimum Gasteiger partial charge on any atom is -0.316 e. The summed E-state index contributed by atoms with van der Waals surface area (Å²) in [5.41, 5.74) is 0. The van der Waals surface area contributed by atoms with E-state index < -0.39 is 0 Å². The average molecular weight is 284 g/mol. The van der Waals surface area contributed by atoms with Crippen molar-refractivity contribution in [1.82, 2.24) is 10.3 Å². The predicted octanol–water partition coefficient (Wildman–Crippen LogP) is 1.64. The van der Waals surface area contributed by atoms with Crippen LogP contribution in [-0.4, -0.2) is 24.0 Å². The summed E-state index contributed by atoms with van der Waals surface area (Å²) in [5.74, 6) is 1.14. The van der Waals surface area contributed by atoms with E-state index in [1.54, 1.807) is 12.3 Å². The van der Waals surface area contributed by atoms with Crippen LogP contribution in [0.2, 0.25) is 0 Å². The van der Waals surface area contributed by atoms with Gasteiger partial charge < -0.3 is 10.6 Å². The highest BCUT2D eigenvalue weighted by Crippen LogP contribution is 2.18. The largest absolute Gasteiger partial charge is 0.316 e. The van der Waals surface area contributed by atoms with Gasteiger partial charge in [-0.3, -0.25) is 4.79 Å². The molecule has 1 aromatic rings. The van der Waals surface area contributed by atoms with Crippen LogP contribution in [0.3, 0.4) is 0 Å². The first-order chi connectivity index (χ1) is 7.66. The van der Waals surface area contributed by atoms with Crippen LogP contribution in [0.15, 0.2) is 22.8 Å². The molecular weight excluding hydrogens is 270 g/mol. The molecule has 1 saturated heterocycles. The number of anilines is 1. The molecule has 2 N–H and O–H groups in total. The van der Waals surface area contributed by atoms with E-state index in [-0.39, 0.29) is 11.8 Å². The van der Waals surface area contributed by atoms with Crippen molar-refractivity contribution in [3.05, 3.63) is 22.8 Å². The van der Waals surface area contributed by atoms with Crippen LogP contribution in [-0.2, 0) is 4.79 Å². The van der Waals surface area contributed by atoms with Crippen molar-refractivity contribution in [3.63, 3.8) is 0 Å². The maximum atomic E-state index is 11.8. The van der Waals surface area contributed by atoms with Crippen LogP contribution in [0.5, 0.6) is 0 Å². The summed E-state index contributed by atoms with van der Waals surface area (Å²) >= 11 is 3.30. The Labute approximate surface area is 103 Å². The number of rotatable bonds is 3. The molecular formula is C11H14BrN3O. The molecule has 1 atom stereocenters. The van der Waals surface area contributed by atoms with Gasteiger partial charge in [-0.1, -0.05) is 6.92 Å². The number of carbonyl (C=O) groups excluding carboxylic acids is 1. The van der Waals surface area contributed by atoms with Crippen molar-refractivity contribution in [2.45, 2.75) is 6.92 Å². The van der Waals surface area contributed by atoms with Crippen LogP contribution in [0.1, 0.15) is 6.92 Å². The van der Waals surface area contributed by atoms with E-state index in [9.17, 15) is 4.79 Å². The van der Waals surface area contributed by atoms with Gasteiger partial charge in [0.15, 0.2) is 0 Å². The summed E-state index contributed by atoms with van der Waals surface area (Å²) in [6, 6.07) is 3.64. The Morgan fingerprint density at radius 1 is 1.62 bits per heavy atom. The Kier molecular flexibility index (Phi) is 3.56. The molecule has 1 unspecified atom stereocenters. The van der Waals surface area contributed by atoms with Crippen LogP contribution in [0, 0.1) is 11.8 Å². The Hall–Kier alpha value is -0.940. The number of carbonyl (C=O) groups is 1. The lowest BCUT2D eigenvalue weighted by Crippen LogP contribution is -2.48. The SMILES string of the molecule is CC(C(=O)Nc1ccc(Br)cn1)C1CNC1. The fraction of sp³-hybridized carbons (Fsp3) is 0.455. The number of pyridine rings is 1. The number of hydrogen-bond donors (Lipinski definition) is 2. The van der Waals surface area contributed by atoms with Crippen molar-refractivity contribution < 1.29 is 4.79 Å². The van der Waals surface area contributed by atoms with Gasteiger partial charge in [0, 0.05) is 16.6 Å². The highest BCUT2D eigenvalue weighted by atomic mass is 79.9. The van der Waals surface area contributed by atoms with E-state index in [1.807, 2.05) is 13.0 Å². The van der Waals surface area contributed by atoms with Gasteiger partial charge in [-0.05, 0) is 47.1 Å². The van der Waals surface area contributed by atoms with Gasteiger partial charge in [-0.15, -0.1) is 0 Å². The standard InChI is InChI=1S/C11H14BrN3O/c1-7(8-4-13-5-8)11(16)15-10-3-2-9(12)6-14-10/h2-3,6-8,13H,4-5H2,1H3,(H,14,15,16). The molecule has 2 heterocycles. The Balaban J connectivity index is 1.93. The molecule has 1 fully saturated rings. The third-order valence-electron chi connectivity index (χ3n) is 2.91. The molecule has 4 nitrogen and oxygen atoms in total. The van der Waals surface area contributed by atoms with Gasteiger partial charge in [0.2, 0.25) is 5.91 Å². The van der Waals surface area contributed by atoms with Crippen LogP contribution in [0.25, 0.3) is 0 Å². The van der Waals surface area contributed by atoms with Crippen molar-refractivity contribution in [2.75, 3.05) is 18.4 Å². The first kappa shape index (κ1) is 11.5. The summed E-state index contributed by atoms with van der Waals surface area (Å²) in [6.07, 6.45) is 1.67. The number of nitrogens with one attached hydrogen (secondary N) is 2. The molecule has 0 saturated carbocycles. The molecule has 1 aliphatic heterocycles. The van der Waals surface area contributed by atoms with Gasteiger partial charge >= 0.3 is 0 Å².